The number of nitrogens with zero attached hydrogens (tertiary/aromatic N) is 1. The summed E-state index contributed by atoms with van der Waals surface area (Å²) in [4.78, 5) is 24.7. The second-order valence-electron chi connectivity index (χ2n) is 12.9. The highest BCUT2D eigenvalue weighted by Crippen LogP contribution is 2.70. The van der Waals surface area contributed by atoms with Gasteiger partial charge >= 0.3 is 5.97 Å². The van der Waals surface area contributed by atoms with E-state index in [0.29, 0.717) is 50.0 Å². The van der Waals surface area contributed by atoms with Crippen molar-refractivity contribution in [3.05, 3.63) is 41.5 Å². The second-order valence-corrected chi connectivity index (χ2v) is 12.9. The van der Waals surface area contributed by atoms with Gasteiger partial charge in [0.15, 0.2) is 0 Å². The Balaban J connectivity index is 1.30. The molecule has 216 valence electrons. The zero-order valence-electron chi connectivity index (χ0n) is 23.3. The Morgan fingerprint density at radius 3 is 2.52 bits per heavy atom. The van der Waals surface area contributed by atoms with Crippen molar-refractivity contribution in [2.24, 2.45) is 33.7 Å². The maximum atomic E-state index is 12.8. The number of cyclic esters (lactones) is 1. The molecule has 1 amide bonds. The number of benzene rings is 1. The monoisotopic (exact) mass is 552 g/mol. The Morgan fingerprint density at radius 2 is 1.82 bits per heavy atom. The molecule has 0 spiro atoms. The quantitative estimate of drug-likeness (QED) is 0.250. The van der Waals surface area contributed by atoms with Gasteiger partial charge in [-0.1, -0.05) is 6.92 Å². The number of hydrazone groups is 1. The van der Waals surface area contributed by atoms with Gasteiger partial charge in [0.05, 0.1) is 24.4 Å². The molecule has 1 aromatic rings. The average Bonchev–Trinajstić information content (AvgIpc) is 3.48. The summed E-state index contributed by atoms with van der Waals surface area (Å²) >= 11 is 0. The van der Waals surface area contributed by atoms with Gasteiger partial charge in [-0.2, -0.15) is 5.10 Å². The first-order valence-corrected chi connectivity index (χ1v) is 14.5. The molecule has 0 saturated heterocycles. The minimum Gasteiger partial charge on any atom is -0.497 e. The fourth-order valence-corrected chi connectivity index (χ4v) is 9.37. The third kappa shape index (κ3) is 3.96. The number of methoxy groups -OCH3 is 1. The number of aliphatic hydroxyl groups excluding tert-OH is 1. The summed E-state index contributed by atoms with van der Waals surface area (Å²) in [6.07, 6.45) is 8.06. The van der Waals surface area contributed by atoms with E-state index < -0.39 is 28.1 Å². The van der Waals surface area contributed by atoms with Crippen molar-refractivity contribution in [3.8, 4) is 5.75 Å². The third-order valence-corrected chi connectivity index (χ3v) is 11.5. The zero-order chi connectivity index (χ0) is 28.3. The van der Waals surface area contributed by atoms with Crippen molar-refractivity contribution in [2.45, 2.75) is 82.0 Å². The minimum atomic E-state index is -1.18. The third-order valence-electron chi connectivity index (χ3n) is 11.5. The molecular formula is C31H40N2O7. The standard InChI is InChI=1S/C31H40N2O7/c1-28-11-8-24-25(31(28,38)14-10-23(28)20-15-26(35)40-17-20)9-13-30(37)16-21(34)7-12-29(24,30)18-32-33-27(36)19-3-5-22(39-2)6-4-19/h3-6,15,18,21,23-25,34,37-38H,7-14,16-17H2,1-2H3,(H,33,36)/b32-18-/t21-,23-,24+,25-,28-,29+,30+,31-/m1/s1. The highest BCUT2D eigenvalue weighted by Gasteiger charge is 2.71. The average molecular weight is 553 g/mol. The van der Waals surface area contributed by atoms with Crippen molar-refractivity contribution in [3.63, 3.8) is 0 Å². The number of esters is 1. The minimum absolute atomic E-state index is 0.0624. The van der Waals surface area contributed by atoms with Crippen LogP contribution in [0.5, 0.6) is 5.75 Å². The molecule has 4 saturated carbocycles. The van der Waals surface area contributed by atoms with Gasteiger partial charge in [0.25, 0.3) is 5.91 Å². The molecule has 4 fully saturated rings. The van der Waals surface area contributed by atoms with E-state index in [1.54, 1.807) is 43.7 Å². The van der Waals surface area contributed by atoms with Crippen LogP contribution < -0.4 is 10.2 Å². The molecule has 4 aliphatic carbocycles. The normalized spacial score (nSPS) is 42.4. The molecule has 1 aliphatic heterocycles. The van der Waals surface area contributed by atoms with E-state index in [4.69, 9.17) is 9.47 Å². The SMILES string of the molecule is COc1ccc(C(=O)N/N=C\[C@]23CC[C@@H](O)C[C@@]2(O)CC[C@@H]2[C@@H]3CC[C@]3(C)[C@@H](C4=CC(=O)OC4)CC[C@@]23O)cc1. The van der Waals surface area contributed by atoms with Crippen molar-refractivity contribution in [1.29, 1.82) is 0 Å². The van der Waals surface area contributed by atoms with Crippen LogP contribution in [0.2, 0.25) is 0 Å². The molecule has 5 aliphatic rings. The molecule has 4 N–H and O–H groups in total. The van der Waals surface area contributed by atoms with Crippen LogP contribution in [0.3, 0.4) is 0 Å². The number of carbonyl (C=O) groups excluding carboxylic acids is 2. The zero-order valence-corrected chi connectivity index (χ0v) is 23.3. The van der Waals surface area contributed by atoms with Crippen LogP contribution in [0, 0.1) is 28.6 Å². The van der Waals surface area contributed by atoms with E-state index in [9.17, 15) is 24.9 Å². The molecule has 0 radical (unpaired) electrons. The van der Waals surface area contributed by atoms with Gasteiger partial charge in [-0.15, -0.1) is 0 Å². The van der Waals surface area contributed by atoms with E-state index in [2.05, 4.69) is 17.5 Å². The summed E-state index contributed by atoms with van der Waals surface area (Å²) < 4.78 is 10.4. The van der Waals surface area contributed by atoms with Crippen molar-refractivity contribution < 1.29 is 34.4 Å². The second kappa shape index (κ2) is 9.67. The van der Waals surface area contributed by atoms with Gasteiger partial charge in [0.1, 0.15) is 12.4 Å². The maximum Gasteiger partial charge on any atom is 0.331 e. The van der Waals surface area contributed by atoms with Crippen molar-refractivity contribution in [2.75, 3.05) is 13.7 Å². The lowest BCUT2D eigenvalue weighted by Gasteiger charge is -2.65. The summed E-state index contributed by atoms with van der Waals surface area (Å²) in [5.41, 5.74) is 0.729. The van der Waals surface area contributed by atoms with Gasteiger partial charge < -0.3 is 24.8 Å². The molecule has 9 heteroatoms. The van der Waals surface area contributed by atoms with Crippen molar-refractivity contribution >= 4 is 18.1 Å². The number of hydrogen-bond donors (Lipinski definition) is 4. The van der Waals surface area contributed by atoms with Gasteiger partial charge in [-0.3, -0.25) is 4.79 Å². The Kier molecular flexibility index (Phi) is 6.63. The molecule has 40 heavy (non-hydrogen) atoms. The highest BCUT2D eigenvalue weighted by molar-refractivity contribution is 5.94. The van der Waals surface area contributed by atoms with Crippen molar-refractivity contribution in [1.82, 2.24) is 5.43 Å². The van der Waals surface area contributed by atoms with Gasteiger partial charge in [0.2, 0.25) is 0 Å². The lowest BCUT2D eigenvalue weighted by molar-refractivity contribution is -0.237. The van der Waals surface area contributed by atoms with E-state index in [0.717, 1.165) is 24.8 Å². The topological polar surface area (TPSA) is 138 Å². The number of hydrogen-bond acceptors (Lipinski definition) is 8. The van der Waals surface area contributed by atoms with E-state index >= 15 is 0 Å². The fourth-order valence-electron chi connectivity index (χ4n) is 9.37. The van der Waals surface area contributed by atoms with Crippen LogP contribution in [0.1, 0.15) is 75.1 Å². The lowest BCUT2D eigenvalue weighted by Crippen LogP contribution is -2.68. The molecule has 8 atom stereocenters. The summed E-state index contributed by atoms with van der Waals surface area (Å²) in [6, 6.07) is 6.75. The number of nitrogens with one attached hydrogen (secondary N) is 1. The largest absolute Gasteiger partial charge is 0.497 e. The Bertz CT molecular complexity index is 1250. The van der Waals surface area contributed by atoms with Crippen LogP contribution in [0.4, 0.5) is 0 Å². The molecule has 0 bridgehead atoms. The Morgan fingerprint density at radius 1 is 1.07 bits per heavy atom. The molecule has 1 heterocycles. The first-order chi connectivity index (χ1) is 19.1. The van der Waals surface area contributed by atoms with Gasteiger partial charge in [-0.05, 0) is 99.0 Å². The summed E-state index contributed by atoms with van der Waals surface area (Å²) in [7, 11) is 1.57. The van der Waals surface area contributed by atoms with Crippen LogP contribution in [-0.4, -0.2) is 64.4 Å². The smallest absolute Gasteiger partial charge is 0.331 e. The summed E-state index contributed by atoms with van der Waals surface area (Å²) in [5.74, 6) is -0.0815. The van der Waals surface area contributed by atoms with Crippen LogP contribution >= 0.6 is 0 Å². The first-order valence-electron chi connectivity index (χ1n) is 14.5. The number of ether oxygens (including phenoxy) is 2. The maximum absolute atomic E-state index is 12.8. The number of aliphatic hydroxyl groups is 3. The number of carbonyl (C=O) groups is 2. The molecule has 6 rings (SSSR count). The van der Waals surface area contributed by atoms with Crippen LogP contribution in [0.15, 0.2) is 41.0 Å². The predicted octanol–water partition coefficient (Wildman–Crippen LogP) is 3.12. The van der Waals surface area contributed by atoms with E-state index in [1.165, 1.54) is 0 Å². The number of rotatable bonds is 5. The molecule has 1 aromatic carbocycles. The molecule has 0 aromatic heterocycles. The molecule has 9 nitrogen and oxygen atoms in total. The Labute approximate surface area is 234 Å². The summed E-state index contributed by atoms with van der Waals surface area (Å²) in [6.45, 7) is 2.46. The number of amides is 1. The first kappa shape index (κ1) is 27.4. The molecule has 0 unspecified atom stereocenters. The lowest BCUT2D eigenvalue weighted by atomic mass is 9.41. The van der Waals surface area contributed by atoms with Crippen LogP contribution in [0.25, 0.3) is 0 Å². The fraction of sp³-hybridized carbons (Fsp3) is 0.645. The number of fused-ring (bicyclic) bond motifs is 5. The van der Waals surface area contributed by atoms with E-state index in [-0.39, 0.29) is 36.1 Å². The Hall–Kier alpha value is -2.75. The van der Waals surface area contributed by atoms with Gasteiger partial charge in [-0.25, -0.2) is 10.2 Å². The van der Waals surface area contributed by atoms with E-state index in [1.807, 2.05) is 0 Å². The van der Waals surface area contributed by atoms with Gasteiger partial charge in [0, 0.05) is 35.1 Å². The predicted molar refractivity (Wildman–Crippen MR) is 146 cm³/mol. The highest BCUT2D eigenvalue weighted by atomic mass is 16.5. The summed E-state index contributed by atoms with van der Waals surface area (Å²) in [5, 5.41) is 39.6. The molecular weight excluding hydrogens is 512 g/mol. The van der Waals surface area contributed by atoms with Crippen LogP contribution in [-0.2, 0) is 9.53 Å².